The summed E-state index contributed by atoms with van der Waals surface area (Å²) >= 11 is 1.80. The van der Waals surface area contributed by atoms with Gasteiger partial charge < -0.3 is 5.73 Å². The van der Waals surface area contributed by atoms with Gasteiger partial charge >= 0.3 is 0 Å². The molecule has 2 unspecified atom stereocenters. The van der Waals surface area contributed by atoms with Gasteiger partial charge in [-0.1, -0.05) is 33.1 Å². The Morgan fingerprint density at radius 3 is 2.60 bits per heavy atom. The van der Waals surface area contributed by atoms with E-state index in [2.05, 4.69) is 32.2 Å². The van der Waals surface area contributed by atoms with Crippen LogP contribution in [0.3, 0.4) is 0 Å². The van der Waals surface area contributed by atoms with E-state index in [9.17, 15) is 0 Å². The Bertz CT molecular complexity index is 280. The average molecular weight is 225 g/mol. The summed E-state index contributed by atoms with van der Waals surface area (Å²) in [5, 5.41) is 2.22. The van der Waals surface area contributed by atoms with Crippen molar-refractivity contribution in [2.24, 2.45) is 11.7 Å². The fraction of sp³-hybridized carbons (Fsp3) is 0.692. The molecule has 2 N–H and O–H groups in total. The summed E-state index contributed by atoms with van der Waals surface area (Å²) in [5.41, 5.74) is 7.64. The van der Waals surface area contributed by atoms with Crippen LogP contribution in [0, 0.1) is 12.8 Å². The Morgan fingerprint density at radius 2 is 2.13 bits per heavy atom. The second-order valence-electron chi connectivity index (χ2n) is 4.33. The van der Waals surface area contributed by atoms with Crippen molar-refractivity contribution in [2.75, 3.05) is 0 Å². The number of unbranched alkanes of at least 4 members (excludes halogenated alkanes) is 1. The van der Waals surface area contributed by atoms with Crippen molar-refractivity contribution in [1.29, 1.82) is 0 Å². The molecule has 1 nitrogen and oxygen atoms in total. The molecule has 86 valence electrons. The highest BCUT2D eigenvalue weighted by Gasteiger charge is 2.17. The van der Waals surface area contributed by atoms with Gasteiger partial charge in [-0.3, -0.25) is 0 Å². The molecule has 0 saturated carbocycles. The van der Waals surface area contributed by atoms with Crippen LogP contribution in [0.5, 0.6) is 0 Å². The Balaban J connectivity index is 2.59. The minimum absolute atomic E-state index is 0.242. The SMILES string of the molecule is CCCCC(CC)C(N)c1csc(C)c1. The van der Waals surface area contributed by atoms with Gasteiger partial charge in [0.1, 0.15) is 0 Å². The number of hydrogen-bond acceptors (Lipinski definition) is 2. The first-order valence-electron chi connectivity index (χ1n) is 5.99. The topological polar surface area (TPSA) is 26.0 Å². The molecular formula is C13H23NS. The first-order chi connectivity index (χ1) is 7.19. The molecule has 0 bridgehead atoms. The molecule has 1 aromatic rings. The number of hydrogen-bond donors (Lipinski definition) is 1. The lowest BCUT2D eigenvalue weighted by Gasteiger charge is -2.21. The van der Waals surface area contributed by atoms with E-state index in [1.807, 2.05) is 0 Å². The Hall–Kier alpha value is -0.340. The average Bonchev–Trinajstić information content (AvgIpc) is 2.65. The number of thiophene rings is 1. The van der Waals surface area contributed by atoms with Gasteiger partial charge in [-0.15, -0.1) is 11.3 Å². The van der Waals surface area contributed by atoms with Gasteiger partial charge in [0, 0.05) is 10.9 Å². The van der Waals surface area contributed by atoms with Crippen LogP contribution in [-0.4, -0.2) is 0 Å². The summed E-state index contributed by atoms with van der Waals surface area (Å²) in [5.74, 6) is 0.652. The van der Waals surface area contributed by atoms with Crippen molar-refractivity contribution in [1.82, 2.24) is 0 Å². The highest BCUT2D eigenvalue weighted by molar-refractivity contribution is 7.10. The second-order valence-corrected chi connectivity index (χ2v) is 5.44. The maximum Gasteiger partial charge on any atom is 0.0331 e. The maximum absolute atomic E-state index is 6.31. The van der Waals surface area contributed by atoms with E-state index in [1.165, 1.54) is 36.1 Å². The monoisotopic (exact) mass is 225 g/mol. The largest absolute Gasteiger partial charge is 0.324 e. The molecule has 0 aliphatic carbocycles. The normalized spacial score (nSPS) is 15.2. The minimum atomic E-state index is 0.242. The van der Waals surface area contributed by atoms with E-state index in [1.54, 1.807) is 11.3 Å². The Morgan fingerprint density at radius 1 is 1.40 bits per heavy atom. The lowest BCUT2D eigenvalue weighted by atomic mass is 9.88. The molecule has 0 fully saturated rings. The van der Waals surface area contributed by atoms with Gasteiger partial charge in [-0.05, 0) is 36.3 Å². The van der Waals surface area contributed by atoms with Crippen LogP contribution in [0.2, 0.25) is 0 Å². The van der Waals surface area contributed by atoms with E-state index in [4.69, 9.17) is 5.73 Å². The fourth-order valence-corrected chi connectivity index (χ4v) is 2.77. The molecule has 0 radical (unpaired) electrons. The lowest BCUT2D eigenvalue weighted by molar-refractivity contribution is 0.378. The molecule has 0 spiro atoms. The highest BCUT2D eigenvalue weighted by atomic mass is 32.1. The van der Waals surface area contributed by atoms with Crippen molar-refractivity contribution >= 4 is 11.3 Å². The Kier molecular flexibility index (Phi) is 5.34. The Labute approximate surface area is 97.7 Å². The van der Waals surface area contributed by atoms with E-state index >= 15 is 0 Å². The lowest BCUT2D eigenvalue weighted by Crippen LogP contribution is -2.20. The maximum atomic E-state index is 6.31. The fourth-order valence-electron chi connectivity index (χ4n) is 2.01. The van der Waals surface area contributed by atoms with E-state index < -0.39 is 0 Å². The second kappa shape index (κ2) is 6.29. The zero-order chi connectivity index (χ0) is 11.3. The van der Waals surface area contributed by atoms with Crippen molar-refractivity contribution in [3.63, 3.8) is 0 Å². The van der Waals surface area contributed by atoms with Crippen LogP contribution in [0.15, 0.2) is 11.4 Å². The third kappa shape index (κ3) is 3.62. The van der Waals surface area contributed by atoms with Crippen LogP contribution in [0.25, 0.3) is 0 Å². The van der Waals surface area contributed by atoms with Crippen molar-refractivity contribution in [3.05, 3.63) is 21.9 Å². The van der Waals surface area contributed by atoms with Crippen LogP contribution in [-0.2, 0) is 0 Å². The molecule has 15 heavy (non-hydrogen) atoms. The van der Waals surface area contributed by atoms with Crippen LogP contribution >= 0.6 is 11.3 Å². The molecule has 0 aliphatic rings. The summed E-state index contributed by atoms with van der Waals surface area (Å²) in [6.07, 6.45) is 5.03. The molecule has 0 aliphatic heterocycles. The zero-order valence-corrected chi connectivity index (χ0v) is 10.9. The van der Waals surface area contributed by atoms with Crippen LogP contribution in [0.4, 0.5) is 0 Å². The predicted molar refractivity (Wildman–Crippen MR) is 69.3 cm³/mol. The molecule has 0 amide bonds. The third-order valence-corrected chi connectivity index (χ3v) is 3.98. The van der Waals surface area contributed by atoms with Crippen LogP contribution in [0.1, 0.15) is 56.0 Å². The van der Waals surface area contributed by atoms with E-state index in [0.717, 1.165) is 0 Å². The summed E-state index contributed by atoms with van der Waals surface area (Å²) in [4.78, 5) is 1.37. The van der Waals surface area contributed by atoms with Gasteiger partial charge in [0.05, 0.1) is 0 Å². The molecular weight excluding hydrogens is 202 g/mol. The summed E-state index contributed by atoms with van der Waals surface area (Å²) in [6, 6.07) is 2.48. The summed E-state index contributed by atoms with van der Waals surface area (Å²) in [7, 11) is 0. The molecule has 1 heterocycles. The molecule has 1 aromatic heterocycles. The van der Waals surface area contributed by atoms with Crippen molar-refractivity contribution in [2.45, 2.75) is 52.5 Å². The van der Waals surface area contributed by atoms with E-state index in [0.29, 0.717) is 5.92 Å². The first-order valence-corrected chi connectivity index (χ1v) is 6.87. The van der Waals surface area contributed by atoms with Gasteiger partial charge in [-0.25, -0.2) is 0 Å². The quantitative estimate of drug-likeness (QED) is 0.768. The van der Waals surface area contributed by atoms with Gasteiger partial charge in [0.25, 0.3) is 0 Å². The van der Waals surface area contributed by atoms with Crippen molar-refractivity contribution < 1.29 is 0 Å². The van der Waals surface area contributed by atoms with Gasteiger partial charge in [-0.2, -0.15) is 0 Å². The van der Waals surface area contributed by atoms with Crippen LogP contribution < -0.4 is 5.73 Å². The number of nitrogens with two attached hydrogens (primary N) is 1. The highest BCUT2D eigenvalue weighted by Crippen LogP contribution is 2.29. The van der Waals surface area contributed by atoms with Gasteiger partial charge in [0.2, 0.25) is 0 Å². The number of aryl methyl sites for hydroxylation is 1. The predicted octanol–water partition coefficient (Wildman–Crippen LogP) is 4.27. The molecule has 0 saturated heterocycles. The third-order valence-electron chi connectivity index (χ3n) is 3.10. The minimum Gasteiger partial charge on any atom is -0.324 e. The summed E-state index contributed by atoms with van der Waals surface area (Å²) in [6.45, 7) is 6.64. The molecule has 2 atom stereocenters. The molecule has 1 rings (SSSR count). The zero-order valence-electron chi connectivity index (χ0n) is 10.1. The summed E-state index contributed by atoms with van der Waals surface area (Å²) < 4.78 is 0. The first kappa shape index (κ1) is 12.7. The molecule has 0 aromatic carbocycles. The number of rotatable bonds is 6. The van der Waals surface area contributed by atoms with Crippen molar-refractivity contribution in [3.8, 4) is 0 Å². The van der Waals surface area contributed by atoms with Gasteiger partial charge in [0.15, 0.2) is 0 Å². The molecule has 2 heteroatoms. The standard InChI is InChI=1S/C13H23NS/c1-4-6-7-11(5-2)13(14)12-8-10(3)15-9-12/h8-9,11,13H,4-7,14H2,1-3H3. The smallest absolute Gasteiger partial charge is 0.0331 e. The van der Waals surface area contributed by atoms with E-state index in [-0.39, 0.29) is 6.04 Å².